The molecule has 0 spiro atoms. The van der Waals surface area contributed by atoms with Crippen LogP contribution in [0.1, 0.15) is 197 Å². The van der Waals surface area contributed by atoms with Crippen LogP contribution >= 0.6 is 0 Å². The van der Waals surface area contributed by atoms with E-state index < -0.39 is 22.0 Å². The number of carbonyl (C=O) groups is 2. The van der Waals surface area contributed by atoms with Crippen molar-refractivity contribution in [2.45, 2.75) is 197 Å². The van der Waals surface area contributed by atoms with Gasteiger partial charge in [0.25, 0.3) is 0 Å². The summed E-state index contributed by atoms with van der Waals surface area (Å²) in [6.45, 7) is 18.2. The van der Waals surface area contributed by atoms with Crippen molar-refractivity contribution < 1.29 is 15.7 Å². The zero-order valence-corrected chi connectivity index (χ0v) is 31.7. The van der Waals surface area contributed by atoms with Crippen LogP contribution in [0, 0.1) is 22.7 Å². The minimum atomic E-state index is -1.97. The molecule has 0 aliphatic rings. The van der Waals surface area contributed by atoms with Gasteiger partial charge < -0.3 is 0 Å². The summed E-state index contributed by atoms with van der Waals surface area (Å²) < 4.78 is 11.5. The molecule has 0 aromatic rings. The zero-order chi connectivity index (χ0) is 31.0. The third kappa shape index (κ3) is 27.1. The Hall–Kier alpha value is -0.261. The zero-order valence-electron chi connectivity index (χ0n) is 28.8. The molecule has 0 saturated heterocycles. The van der Waals surface area contributed by atoms with Crippen LogP contribution in [0.3, 0.4) is 0 Å². The fourth-order valence-corrected chi connectivity index (χ4v) is 7.00. The second-order valence-corrected chi connectivity index (χ2v) is 16.7. The van der Waals surface area contributed by atoms with Crippen molar-refractivity contribution in [2.75, 3.05) is 0 Å². The number of carbonyl (C=O) groups excluding carboxylic acids is 2. The molecule has 242 valence electrons. The van der Waals surface area contributed by atoms with Gasteiger partial charge in [-0.25, -0.2) is 0 Å². The monoisotopic (exact) mass is 686 g/mol. The number of rotatable bonds is 26. The maximum absolute atomic E-state index is 13.1. The van der Waals surface area contributed by atoms with Crippen LogP contribution in [-0.4, -0.2) is 33.9 Å². The maximum atomic E-state index is 13.1. The molecule has 0 aliphatic heterocycles. The first-order chi connectivity index (χ1) is 19.4. The van der Waals surface area contributed by atoms with E-state index in [9.17, 15) is 9.59 Å². The van der Waals surface area contributed by atoms with Gasteiger partial charge in [-0.1, -0.05) is 0 Å². The first-order valence-electron chi connectivity index (χ1n) is 17.6. The standard InChI is InChI=1S/2C18H36O2.Sn/c2*1-5-6-7-8-9-10-13-16(17(19)20)14-11-12-15-18(2,3)4;/h2*16H,5-15H2,1-4H3,(H,19,20);/q;;+2/p-2. The van der Waals surface area contributed by atoms with Crippen LogP contribution in [0.5, 0.6) is 0 Å². The average Bonchev–Trinajstić information content (AvgIpc) is 2.89. The second-order valence-electron chi connectivity index (χ2n) is 15.0. The first-order valence-corrected chi connectivity index (χ1v) is 19.9. The molecule has 0 N–H and O–H groups in total. The molecule has 41 heavy (non-hydrogen) atoms. The van der Waals surface area contributed by atoms with Gasteiger partial charge >= 0.3 is 269 Å². The van der Waals surface area contributed by atoms with Gasteiger partial charge in [0.15, 0.2) is 0 Å². The van der Waals surface area contributed by atoms with E-state index in [0.29, 0.717) is 10.8 Å². The quantitative estimate of drug-likeness (QED) is 0.0672. The Morgan fingerprint density at radius 3 is 1.10 bits per heavy atom. The van der Waals surface area contributed by atoms with Crippen molar-refractivity contribution in [3.8, 4) is 0 Å². The normalized spacial score (nSPS) is 13.7. The Morgan fingerprint density at radius 2 is 0.780 bits per heavy atom. The summed E-state index contributed by atoms with van der Waals surface area (Å²) in [7, 11) is 0. The van der Waals surface area contributed by atoms with Crippen LogP contribution in [0.2, 0.25) is 0 Å². The third-order valence-electron chi connectivity index (χ3n) is 8.22. The minimum absolute atomic E-state index is 0.0444. The van der Waals surface area contributed by atoms with Crippen LogP contribution in [-0.2, 0) is 15.7 Å². The molecule has 5 heteroatoms. The van der Waals surface area contributed by atoms with E-state index in [1.807, 2.05) is 0 Å². The molecule has 0 aromatic heterocycles. The van der Waals surface area contributed by atoms with Gasteiger partial charge in [0, 0.05) is 0 Å². The molecule has 0 aliphatic carbocycles. The van der Waals surface area contributed by atoms with Crippen molar-refractivity contribution in [1.29, 1.82) is 0 Å². The van der Waals surface area contributed by atoms with Crippen molar-refractivity contribution in [1.82, 2.24) is 0 Å². The number of unbranched alkanes of at least 4 members (excludes halogenated alkanes) is 12. The molecule has 0 aromatic carbocycles. The molecule has 0 amide bonds. The van der Waals surface area contributed by atoms with Crippen LogP contribution in [0.4, 0.5) is 0 Å². The van der Waals surface area contributed by atoms with E-state index in [2.05, 4.69) is 55.4 Å². The summed E-state index contributed by atoms with van der Waals surface area (Å²) in [6, 6.07) is 0. The van der Waals surface area contributed by atoms with Crippen molar-refractivity contribution in [3.63, 3.8) is 0 Å². The average molecular weight is 686 g/mol. The molecule has 0 bridgehead atoms. The molecule has 0 rings (SSSR count). The molecule has 2 atom stereocenters. The number of hydrogen-bond acceptors (Lipinski definition) is 4. The van der Waals surface area contributed by atoms with E-state index >= 15 is 0 Å². The van der Waals surface area contributed by atoms with Gasteiger partial charge in [-0.3, -0.25) is 0 Å². The van der Waals surface area contributed by atoms with Gasteiger partial charge in [0.1, 0.15) is 0 Å². The third-order valence-corrected chi connectivity index (χ3v) is 9.85. The Labute approximate surface area is 268 Å². The topological polar surface area (TPSA) is 52.6 Å². The van der Waals surface area contributed by atoms with E-state index in [-0.39, 0.29) is 23.8 Å². The van der Waals surface area contributed by atoms with Crippen LogP contribution in [0.25, 0.3) is 0 Å². The predicted molar refractivity (Wildman–Crippen MR) is 177 cm³/mol. The van der Waals surface area contributed by atoms with Gasteiger partial charge in [-0.05, 0) is 0 Å². The number of hydrogen-bond donors (Lipinski definition) is 0. The van der Waals surface area contributed by atoms with Crippen molar-refractivity contribution >= 4 is 33.9 Å². The fourth-order valence-electron chi connectivity index (χ4n) is 5.46. The summed E-state index contributed by atoms with van der Waals surface area (Å²) in [5, 5.41) is 0. The molecule has 0 saturated carbocycles. The Morgan fingerprint density at radius 1 is 0.488 bits per heavy atom. The Bertz CT molecular complexity index is 580. The molecule has 2 radical (unpaired) electrons. The molecule has 0 heterocycles. The van der Waals surface area contributed by atoms with Gasteiger partial charge in [0.2, 0.25) is 0 Å². The summed E-state index contributed by atoms with van der Waals surface area (Å²) in [4.78, 5) is 26.2. The first kappa shape index (κ1) is 40.7. The van der Waals surface area contributed by atoms with Gasteiger partial charge in [-0.15, -0.1) is 0 Å². The van der Waals surface area contributed by atoms with Crippen LogP contribution in [0.15, 0.2) is 0 Å². The summed E-state index contributed by atoms with van der Waals surface area (Å²) in [6.07, 6.45) is 25.1. The molecule has 0 fully saturated rings. The van der Waals surface area contributed by atoms with Gasteiger partial charge in [-0.2, -0.15) is 0 Å². The predicted octanol–water partition coefficient (Wildman–Crippen LogP) is 11.6. The summed E-state index contributed by atoms with van der Waals surface area (Å²) in [5.41, 5.74) is 0.660. The van der Waals surface area contributed by atoms with E-state index in [1.165, 1.54) is 77.0 Å². The summed E-state index contributed by atoms with van der Waals surface area (Å²) in [5.74, 6) is -0.299. The van der Waals surface area contributed by atoms with Gasteiger partial charge in [0.05, 0.1) is 0 Å². The van der Waals surface area contributed by atoms with E-state index in [0.717, 1.165) is 64.2 Å². The fraction of sp³-hybridized carbons (Fsp3) is 0.944. The molecule has 4 nitrogen and oxygen atoms in total. The van der Waals surface area contributed by atoms with Crippen molar-refractivity contribution in [3.05, 3.63) is 0 Å². The molecule has 2 unspecified atom stereocenters. The van der Waals surface area contributed by atoms with E-state index in [1.54, 1.807) is 0 Å². The Balaban J connectivity index is 4.79. The van der Waals surface area contributed by atoms with Crippen molar-refractivity contribution in [2.24, 2.45) is 22.7 Å². The Kier molecular flexibility index (Phi) is 24.9. The second kappa shape index (κ2) is 25.1. The summed E-state index contributed by atoms with van der Waals surface area (Å²) >= 11 is -1.97. The SMILES string of the molecule is CCCCCCCCC(CCCCC(C)(C)C)C(=O)[O][Sn][O]C(=O)C(CCCCCCCC)CCCCC(C)(C)C. The van der Waals surface area contributed by atoms with Crippen LogP contribution < -0.4 is 0 Å². The molecular weight excluding hydrogens is 615 g/mol. The molecular formula is C36H70O4Sn. The van der Waals surface area contributed by atoms with E-state index in [4.69, 9.17) is 6.15 Å².